The van der Waals surface area contributed by atoms with Gasteiger partial charge >= 0.3 is 6.18 Å². The summed E-state index contributed by atoms with van der Waals surface area (Å²) in [6.07, 6.45) is -1.96. The summed E-state index contributed by atoms with van der Waals surface area (Å²) in [6, 6.07) is 12.1. The fraction of sp³-hybridized carbons (Fsp3) is 0.240. The first-order valence-electron chi connectivity index (χ1n) is 11.2. The lowest BCUT2D eigenvalue weighted by Crippen LogP contribution is -2.24. The van der Waals surface area contributed by atoms with Crippen LogP contribution in [-0.2, 0) is 21.8 Å². The molecule has 38 heavy (non-hydrogen) atoms. The summed E-state index contributed by atoms with van der Waals surface area (Å²) in [6.45, 7) is 3.41. The zero-order valence-corrected chi connectivity index (χ0v) is 22.4. The van der Waals surface area contributed by atoms with Crippen LogP contribution in [0.5, 0.6) is 0 Å². The molecule has 0 saturated heterocycles. The number of hydrogen-bond donors (Lipinski definition) is 2. The molecule has 0 spiro atoms. The van der Waals surface area contributed by atoms with Crippen molar-refractivity contribution < 1.29 is 26.7 Å². The van der Waals surface area contributed by atoms with E-state index in [0.717, 1.165) is 27.7 Å². The first kappa shape index (κ1) is 27.6. The maximum Gasteiger partial charge on any atom is 0.433 e. The molecule has 4 aromatic rings. The topological polar surface area (TPSA) is 108 Å². The highest BCUT2D eigenvalue weighted by molar-refractivity contribution is 7.89. The van der Waals surface area contributed by atoms with Gasteiger partial charge in [-0.15, -0.1) is 11.3 Å². The molecule has 2 heterocycles. The lowest BCUT2D eigenvalue weighted by molar-refractivity contribution is -0.141. The van der Waals surface area contributed by atoms with E-state index < -0.39 is 27.5 Å². The van der Waals surface area contributed by atoms with Gasteiger partial charge in [-0.05, 0) is 60.9 Å². The second-order valence-electron chi connectivity index (χ2n) is 8.89. The molecule has 200 valence electrons. The van der Waals surface area contributed by atoms with Crippen LogP contribution >= 0.6 is 11.3 Å². The molecule has 0 aliphatic rings. The van der Waals surface area contributed by atoms with Crippen LogP contribution in [0.25, 0.3) is 10.4 Å². The highest BCUT2D eigenvalue weighted by Gasteiger charge is 2.33. The Balaban J connectivity index is 1.61. The van der Waals surface area contributed by atoms with Crippen molar-refractivity contribution in [3.05, 3.63) is 82.8 Å². The maximum absolute atomic E-state index is 13.0. The number of nitrogens with one attached hydrogen (secondary N) is 1. The largest absolute Gasteiger partial charge is 0.433 e. The Morgan fingerprint density at radius 3 is 2.34 bits per heavy atom. The number of alkyl halides is 3. The molecule has 0 fully saturated rings. The van der Waals surface area contributed by atoms with Gasteiger partial charge in [0.2, 0.25) is 16.0 Å². The van der Waals surface area contributed by atoms with E-state index >= 15 is 0 Å². The lowest BCUT2D eigenvalue weighted by Gasteiger charge is -2.22. The number of anilines is 2. The number of thiazole rings is 1. The van der Waals surface area contributed by atoms with E-state index in [2.05, 4.69) is 20.3 Å². The predicted molar refractivity (Wildman–Crippen MR) is 139 cm³/mol. The number of benzene rings is 2. The number of nitrogens with zero attached hydrogens (tertiary/aromatic N) is 4. The number of sulfonamides is 1. The summed E-state index contributed by atoms with van der Waals surface area (Å²) in [5.74, 6) is -0.191. The summed E-state index contributed by atoms with van der Waals surface area (Å²) in [4.78, 5) is 12.6. The highest BCUT2D eigenvalue weighted by atomic mass is 32.2. The van der Waals surface area contributed by atoms with E-state index in [1.54, 1.807) is 37.4 Å². The van der Waals surface area contributed by atoms with E-state index in [1.165, 1.54) is 37.6 Å². The van der Waals surface area contributed by atoms with Gasteiger partial charge < -0.3 is 10.4 Å². The van der Waals surface area contributed by atoms with Crippen molar-refractivity contribution in [3.8, 4) is 10.4 Å². The Bertz CT molecular complexity index is 1570. The molecule has 0 radical (unpaired) electrons. The first-order valence-corrected chi connectivity index (χ1v) is 13.4. The quantitative estimate of drug-likeness (QED) is 0.319. The molecule has 1 atom stereocenters. The van der Waals surface area contributed by atoms with Crippen LogP contribution in [0.2, 0.25) is 0 Å². The molecule has 0 aliphatic carbocycles. The van der Waals surface area contributed by atoms with Gasteiger partial charge in [0.25, 0.3) is 0 Å². The molecule has 0 bridgehead atoms. The third kappa shape index (κ3) is 5.70. The Kier molecular flexibility index (Phi) is 7.32. The molecule has 0 amide bonds. The molecular weight excluding hydrogens is 539 g/mol. The van der Waals surface area contributed by atoms with Gasteiger partial charge in [0, 0.05) is 32.2 Å². The average molecular weight is 564 g/mol. The smallest absolute Gasteiger partial charge is 0.378 e. The van der Waals surface area contributed by atoms with Gasteiger partial charge in [-0.3, -0.25) is 0 Å². The molecular formula is C25H24F3N5O3S2. The van der Waals surface area contributed by atoms with Crippen LogP contribution < -0.4 is 5.32 Å². The predicted octanol–water partition coefficient (Wildman–Crippen LogP) is 5.18. The second kappa shape index (κ2) is 10.1. The number of aliphatic hydroxyl groups is 1. The summed E-state index contributed by atoms with van der Waals surface area (Å²) in [5, 5.41) is 14.5. The van der Waals surface area contributed by atoms with Crippen molar-refractivity contribution >= 4 is 33.0 Å². The number of halogens is 3. The second-order valence-corrected chi connectivity index (χ2v) is 12.1. The lowest BCUT2D eigenvalue weighted by atomic mass is 9.97. The van der Waals surface area contributed by atoms with Gasteiger partial charge in [0.05, 0.1) is 9.77 Å². The van der Waals surface area contributed by atoms with Crippen molar-refractivity contribution in [2.75, 3.05) is 19.4 Å². The fourth-order valence-corrected chi connectivity index (χ4v) is 5.49. The molecule has 8 nitrogen and oxygen atoms in total. The standard InChI is InChI=1S/C25H24F3N5O3S2/c1-15-11-16(13-18(12-15)31-23-29-10-9-21(32-23)25(26,27)28)20-14-30-22(37-20)24(2,34)17-5-7-19(8-6-17)38(35,36)33(3)4/h5-14,34H,1-4H3,(H,29,31,32). The van der Waals surface area contributed by atoms with E-state index in [-0.39, 0.29) is 10.8 Å². The Morgan fingerprint density at radius 2 is 1.71 bits per heavy atom. The van der Waals surface area contributed by atoms with Crippen molar-refractivity contribution in [1.29, 1.82) is 0 Å². The zero-order chi connectivity index (χ0) is 27.9. The number of hydrogen-bond acceptors (Lipinski definition) is 8. The SMILES string of the molecule is Cc1cc(Nc2nccc(C(F)(F)F)n2)cc(-c2cnc(C(C)(O)c3ccc(S(=O)(=O)N(C)C)cc3)s2)c1. The minimum absolute atomic E-state index is 0.103. The molecule has 0 saturated carbocycles. The van der Waals surface area contributed by atoms with Crippen LogP contribution in [0.3, 0.4) is 0 Å². The van der Waals surface area contributed by atoms with Crippen molar-refractivity contribution in [1.82, 2.24) is 19.3 Å². The van der Waals surface area contributed by atoms with E-state index in [1.807, 2.05) is 13.0 Å². The normalized spacial score (nSPS) is 13.9. The van der Waals surface area contributed by atoms with Crippen LogP contribution in [0, 0.1) is 6.92 Å². The molecule has 4 rings (SSSR count). The number of rotatable bonds is 7. The fourth-order valence-electron chi connectivity index (χ4n) is 3.62. The van der Waals surface area contributed by atoms with Gasteiger partial charge in [-0.25, -0.2) is 27.7 Å². The molecule has 1 unspecified atom stereocenters. The zero-order valence-electron chi connectivity index (χ0n) is 20.8. The molecule has 13 heteroatoms. The summed E-state index contributed by atoms with van der Waals surface area (Å²) in [7, 11) is -0.728. The van der Waals surface area contributed by atoms with Gasteiger partial charge in [0.15, 0.2) is 0 Å². The summed E-state index contributed by atoms with van der Waals surface area (Å²) < 4.78 is 64.8. The molecule has 0 aliphatic heterocycles. The van der Waals surface area contributed by atoms with Gasteiger partial charge in [-0.2, -0.15) is 13.2 Å². The van der Waals surface area contributed by atoms with E-state index in [0.29, 0.717) is 21.1 Å². The third-order valence-electron chi connectivity index (χ3n) is 5.68. The van der Waals surface area contributed by atoms with Crippen LogP contribution in [0.4, 0.5) is 24.8 Å². The Hall–Kier alpha value is -3.39. The van der Waals surface area contributed by atoms with E-state index in [4.69, 9.17) is 0 Å². The molecule has 2 aromatic heterocycles. The number of aromatic nitrogens is 3. The highest BCUT2D eigenvalue weighted by Crippen LogP contribution is 2.37. The molecule has 2 N–H and O–H groups in total. The van der Waals surface area contributed by atoms with Crippen LogP contribution in [0.1, 0.15) is 28.8 Å². The third-order valence-corrected chi connectivity index (χ3v) is 8.77. The van der Waals surface area contributed by atoms with Crippen LogP contribution in [-0.4, -0.2) is 46.9 Å². The summed E-state index contributed by atoms with van der Waals surface area (Å²) >= 11 is 1.24. The van der Waals surface area contributed by atoms with E-state index in [9.17, 15) is 26.7 Å². The van der Waals surface area contributed by atoms with Gasteiger partial charge in [0.1, 0.15) is 16.3 Å². The Labute approximate surface area is 221 Å². The van der Waals surface area contributed by atoms with Crippen molar-refractivity contribution in [2.45, 2.75) is 30.5 Å². The average Bonchev–Trinajstić information content (AvgIpc) is 3.35. The minimum atomic E-state index is -4.59. The van der Waals surface area contributed by atoms with Crippen LogP contribution in [0.15, 0.2) is 65.8 Å². The van der Waals surface area contributed by atoms with Crippen molar-refractivity contribution in [2.24, 2.45) is 0 Å². The minimum Gasteiger partial charge on any atom is -0.378 e. The van der Waals surface area contributed by atoms with Crippen molar-refractivity contribution in [3.63, 3.8) is 0 Å². The number of aryl methyl sites for hydroxylation is 1. The molecule has 2 aromatic carbocycles. The Morgan fingerprint density at radius 1 is 1.03 bits per heavy atom. The first-order chi connectivity index (χ1) is 17.7. The van der Waals surface area contributed by atoms with Gasteiger partial charge in [-0.1, -0.05) is 18.2 Å². The maximum atomic E-state index is 13.0. The summed E-state index contributed by atoms with van der Waals surface area (Å²) in [5.41, 5.74) is -0.0457. The monoisotopic (exact) mass is 563 g/mol.